The Morgan fingerprint density at radius 3 is 2.58 bits per heavy atom. The van der Waals surface area contributed by atoms with E-state index in [1.165, 1.54) is 0 Å². The number of amides is 1. The van der Waals surface area contributed by atoms with Gasteiger partial charge in [0, 0.05) is 11.1 Å². The van der Waals surface area contributed by atoms with E-state index in [9.17, 15) is 4.79 Å². The van der Waals surface area contributed by atoms with Gasteiger partial charge in [-0.05, 0) is 37.5 Å². The zero-order valence-electron chi connectivity index (χ0n) is 11.7. The minimum Gasteiger partial charge on any atom is -0.352 e. The van der Waals surface area contributed by atoms with Gasteiger partial charge in [-0.1, -0.05) is 43.5 Å². The summed E-state index contributed by atoms with van der Waals surface area (Å²) >= 11 is 5.84. The first-order valence-corrected chi connectivity index (χ1v) is 7.21. The Balaban J connectivity index is 2.39. The molecule has 0 heterocycles. The molecule has 0 aliphatic carbocycles. The number of rotatable bonds is 7. The van der Waals surface area contributed by atoms with Gasteiger partial charge in [0.1, 0.15) is 0 Å². The minimum absolute atomic E-state index is 0.0603. The van der Waals surface area contributed by atoms with Crippen LogP contribution in [0.1, 0.15) is 38.7 Å². The molecular formula is C15H23ClN2O. The number of unbranched alkanes of at least 4 members (excludes halogenated alkanes) is 1. The summed E-state index contributed by atoms with van der Waals surface area (Å²) in [7, 11) is 0. The molecule has 2 unspecified atom stereocenters. The van der Waals surface area contributed by atoms with Crippen molar-refractivity contribution in [3.8, 4) is 0 Å². The Bertz CT molecular complexity index is 392. The Hall–Kier alpha value is -1.06. The molecule has 0 spiro atoms. The van der Waals surface area contributed by atoms with E-state index in [1.807, 2.05) is 31.2 Å². The number of benzene rings is 1. The largest absolute Gasteiger partial charge is 0.352 e. The average molecular weight is 283 g/mol. The highest BCUT2D eigenvalue weighted by molar-refractivity contribution is 6.30. The van der Waals surface area contributed by atoms with Gasteiger partial charge in [-0.15, -0.1) is 0 Å². The topological polar surface area (TPSA) is 55.1 Å². The van der Waals surface area contributed by atoms with E-state index >= 15 is 0 Å². The lowest BCUT2D eigenvalue weighted by Gasteiger charge is -2.17. The molecule has 1 amide bonds. The molecule has 106 valence electrons. The summed E-state index contributed by atoms with van der Waals surface area (Å²) < 4.78 is 0. The van der Waals surface area contributed by atoms with E-state index in [-0.39, 0.29) is 11.9 Å². The first-order chi connectivity index (χ1) is 9.02. The van der Waals surface area contributed by atoms with Gasteiger partial charge in [0.05, 0.1) is 6.04 Å². The Labute approximate surface area is 120 Å². The van der Waals surface area contributed by atoms with Crippen LogP contribution in [0.3, 0.4) is 0 Å². The maximum Gasteiger partial charge on any atom is 0.237 e. The third-order valence-corrected chi connectivity index (χ3v) is 3.30. The summed E-state index contributed by atoms with van der Waals surface area (Å²) in [5, 5.41) is 3.68. The fourth-order valence-electron chi connectivity index (χ4n) is 1.93. The summed E-state index contributed by atoms with van der Waals surface area (Å²) in [5.74, 6) is -0.0603. The molecule has 2 atom stereocenters. The van der Waals surface area contributed by atoms with Crippen molar-refractivity contribution in [2.24, 2.45) is 5.73 Å². The number of carbonyl (C=O) groups is 1. The molecule has 0 aliphatic rings. The van der Waals surface area contributed by atoms with Crippen molar-refractivity contribution in [1.29, 1.82) is 0 Å². The second-order valence-electron chi connectivity index (χ2n) is 4.99. The Morgan fingerprint density at radius 2 is 2.00 bits per heavy atom. The lowest BCUT2D eigenvalue weighted by atomic mass is 10.1. The van der Waals surface area contributed by atoms with Crippen LogP contribution < -0.4 is 11.1 Å². The first-order valence-electron chi connectivity index (χ1n) is 6.83. The zero-order valence-corrected chi connectivity index (χ0v) is 12.4. The van der Waals surface area contributed by atoms with E-state index < -0.39 is 6.04 Å². The van der Waals surface area contributed by atoms with Gasteiger partial charge in [-0.25, -0.2) is 0 Å². The number of carbonyl (C=O) groups excluding carboxylic acids is 1. The predicted molar refractivity (Wildman–Crippen MR) is 80.3 cm³/mol. The van der Waals surface area contributed by atoms with Crippen LogP contribution in [-0.4, -0.2) is 18.0 Å². The second kappa shape index (κ2) is 8.18. The van der Waals surface area contributed by atoms with E-state index in [2.05, 4.69) is 12.2 Å². The van der Waals surface area contributed by atoms with Crippen molar-refractivity contribution in [2.45, 2.75) is 51.6 Å². The van der Waals surface area contributed by atoms with Crippen molar-refractivity contribution in [2.75, 3.05) is 0 Å². The molecule has 0 radical (unpaired) electrons. The standard InChI is InChI=1S/C15H23ClN2O/c1-3-4-5-14(17)15(19)18-11(2)10-12-6-8-13(16)9-7-12/h6-9,11,14H,3-5,10,17H2,1-2H3,(H,18,19). The van der Waals surface area contributed by atoms with Crippen LogP contribution >= 0.6 is 11.6 Å². The lowest BCUT2D eigenvalue weighted by molar-refractivity contribution is -0.123. The van der Waals surface area contributed by atoms with Gasteiger partial charge in [0.25, 0.3) is 0 Å². The van der Waals surface area contributed by atoms with E-state index in [1.54, 1.807) is 0 Å². The van der Waals surface area contributed by atoms with Crippen LogP contribution in [0.4, 0.5) is 0 Å². The maximum absolute atomic E-state index is 11.8. The van der Waals surface area contributed by atoms with Crippen molar-refractivity contribution in [3.63, 3.8) is 0 Å². The normalized spacial score (nSPS) is 13.9. The monoisotopic (exact) mass is 282 g/mol. The highest BCUT2D eigenvalue weighted by Crippen LogP contribution is 2.11. The van der Waals surface area contributed by atoms with E-state index in [0.717, 1.165) is 36.3 Å². The molecule has 3 nitrogen and oxygen atoms in total. The fraction of sp³-hybridized carbons (Fsp3) is 0.533. The zero-order chi connectivity index (χ0) is 14.3. The smallest absolute Gasteiger partial charge is 0.237 e. The molecule has 1 aromatic carbocycles. The Morgan fingerprint density at radius 1 is 1.37 bits per heavy atom. The van der Waals surface area contributed by atoms with Gasteiger partial charge >= 0.3 is 0 Å². The van der Waals surface area contributed by atoms with Crippen LogP contribution in [0.15, 0.2) is 24.3 Å². The lowest BCUT2D eigenvalue weighted by Crippen LogP contribution is -2.45. The number of halogens is 1. The molecule has 0 saturated carbocycles. The number of nitrogens with one attached hydrogen (secondary N) is 1. The highest BCUT2D eigenvalue weighted by Gasteiger charge is 2.15. The number of nitrogens with two attached hydrogens (primary N) is 1. The number of hydrogen-bond donors (Lipinski definition) is 2. The molecule has 3 N–H and O–H groups in total. The molecule has 0 aromatic heterocycles. The van der Waals surface area contributed by atoms with Gasteiger partial charge in [0.2, 0.25) is 5.91 Å². The molecule has 0 saturated heterocycles. The highest BCUT2D eigenvalue weighted by atomic mass is 35.5. The van der Waals surface area contributed by atoms with Crippen LogP contribution in [-0.2, 0) is 11.2 Å². The van der Waals surface area contributed by atoms with Crippen molar-refractivity contribution in [1.82, 2.24) is 5.32 Å². The molecule has 0 aliphatic heterocycles. The molecular weight excluding hydrogens is 260 g/mol. The van der Waals surface area contributed by atoms with Crippen LogP contribution in [0.5, 0.6) is 0 Å². The minimum atomic E-state index is -0.396. The fourth-order valence-corrected chi connectivity index (χ4v) is 2.06. The Kier molecular flexibility index (Phi) is 6.89. The quantitative estimate of drug-likeness (QED) is 0.808. The molecule has 1 rings (SSSR count). The van der Waals surface area contributed by atoms with E-state index in [0.29, 0.717) is 0 Å². The number of hydrogen-bond acceptors (Lipinski definition) is 2. The van der Waals surface area contributed by atoms with Crippen molar-refractivity contribution < 1.29 is 4.79 Å². The maximum atomic E-state index is 11.8. The molecule has 0 fully saturated rings. The van der Waals surface area contributed by atoms with Crippen molar-refractivity contribution in [3.05, 3.63) is 34.9 Å². The first kappa shape index (κ1) is 16.0. The summed E-state index contributed by atoms with van der Waals surface area (Å²) in [4.78, 5) is 11.8. The van der Waals surface area contributed by atoms with Crippen LogP contribution in [0, 0.1) is 0 Å². The van der Waals surface area contributed by atoms with Gasteiger partial charge in [0.15, 0.2) is 0 Å². The van der Waals surface area contributed by atoms with Gasteiger partial charge in [-0.2, -0.15) is 0 Å². The molecule has 4 heteroatoms. The molecule has 1 aromatic rings. The molecule has 0 bridgehead atoms. The molecule has 19 heavy (non-hydrogen) atoms. The second-order valence-corrected chi connectivity index (χ2v) is 5.43. The van der Waals surface area contributed by atoms with Crippen molar-refractivity contribution >= 4 is 17.5 Å². The predicted octanol–water partition coefficient (Wildman–Crippen LogP) is 2.90. The van der Waals surface area contributed by atoms with Gasteiger partial charge in [-0.3, -0.25) is 4.79 Å². The average Bonchev–Trinajstić information content (AvgIpc) is 2.38. The summed E-state index contributed by atoms with van der Waals surface area (Å²) in [5.41, 5.74) is 6.99. The third-order valence-electron chi connectivity index (χ3n) is 3.05. The van der Waals surface area contributed by atoms with E-state index in [4.69, 9.17) is 17.3 Å². The van der Waals surface area contributed by atoms with Crippen LogP contribution in [0.25, 0.3) is 0 Å². The summed E-state index contributed by atoms with van der Waals surface area (Å²) in [6.07, 6.45) is 3.57. The summed E-state index contributed by atoms with van der Waals surface area (Å²) in [6.45, 7) is 4.08. The third kappa shape index (κ3) is 6.08. The van der Waals surface area contributed by atoms with Crippen LogP contribution in [0.2, 0.25) is 5.02 Å². The summed E-state index contributed by atoms with van der Waals surface area (Å²) in [6, 6.07) is 7.34. The van der Waals surface area contributed by atoms with Gasteiger partial charge < -0.3 is 11.1 Å². The SMILES string of the molecule is CCCCC(N)C(=O)NC(C)Cc1ccc(Cl)cc1.